The van der Waals surface area contributed by atoms with Crippen molar-refractivity contribution in [3.63, 3.8) is 0 Å². The highest BCUT2D eigenvalue weighted by atomic mass is 35.5. The molecule has 9 heavy (non-hydrogen) atoms. The summed E-state index contributed by atoms with van der Waals surface area (Å²) in [6, 6.07) is 0. The predicted molar refractivity (Wildman–Crippen MR) is 30.5 cm³/mol. The smallest absolute Gasteiger partial charge is 0.171 e. The van der Waals surface area contributed by atoms with Gasteiger partial charge in [-0.1, -0.05) is 12.2 Å². The van der Waals surface area contributed by atoms with Crippen LogP contribution >= 0.6 is 11.6 Å². The molecule has 0 aliphatic heterocycles. The summed E-state index contributed by atoms with van der Waals surface area (Å²) in [7, 11) is 0. The number of rotatable bonds is 2. The average molecular weight is 159 g/mol. The maximum Gasteiger partial charge on any atom is 0.392 e. The molecule has 0 unspecified atom stereocenters. The zero-order chi connectivity index (χ0) is 7.49. The van der Waals surface area contributed by atoms with Gasteiger partial charge in [0, 0.05) is 5.88 Å². The molecular formula is C5H6ClF3. The van der Waals surface area contributed by atoms with Crippen LogP contribution in [0.3, 0.4) is 0 Å². The van der Waals surface area contributed by atoms with Gasteiger partial charge < -0.3 is 0 Å². The van der Waals surface area contributed by atoms with Gasteiger partial charge in [0.2, 0.25) is 0 Å². The van der Waals surface area contributed by atoms with E-state index in [1.807, 2.05) is 0 Å². The standard InChI is InChI=1S/C5H6ClF3/c1-4(3-6)2-5(7,8)9/h1-3H2. The second kappa shape index (κ2) is 3.11. The Balaban J connectivity index is 3.60. The van der Waals surface area contributed by atoms with E-state index in [1.165, 1.54) is 0 Å². The monoisotopic (exact) mass is 158 g/mol. The van der Waals surface area contributed by atoms with E-state index in [1.54, 1.807) is 0 Å². The van der Waals surface area contributed by atoms with E-state index in [0.29, 0.717) is 0 Å². The normalized spacial score (nSPS) is 11.6. The van der Waals surface area contributed by atoms with Gasteiger partial charge >= 0.3 is 6.18 Å². The van der Waals surface area contributed by atoms with Crippen molar-refractivity contribution in [1.82, 2.24) is 0 Å². The highest BCUT2D eigenvalue weighted by Gasteiger charge is 2.27. The number of allylic oxidation sites excluding steroid dienone is 1. The van der Waals surface area contributed by atoms with Gasteiger partial charge in [-0.25, -0.2) is 0 Å². The highest BCUT2D eigenvalue weighted by Crippen LogP contribution is 2.23. The Morgan fingerprint density at radius 1 is 1.44 bits per heavy atom. The van der Waals surface area contributed by atoms with Crippen molar-refractivity contribution in [3.05, 3.63) is 12.2 Å². The first kappa shape index (κ1) is 8.82. The summed E-state index contributed by atoms with van der Waals surface area (Å²) < 4.78 is 34.1. The molecule has 0 amide bonds. The number of hydrogen-bond donors (Lipinski definition) is 0. The summed E-state index contributed by atoms with van der Waals surface area (Å²) in [5.41, 5.74) is 0.00386. The topological polar surface area (TPSA) is 0 Å². The predicted octanol–water partition coefficient (Wildman–Crippen LogP) is 2.73. The van der Waals surface area contributed by atoms with Gasteiger partial charge in [0.25, 0.3) is 0 Å². The van der Waals surface area contributed by atoms with Crippen LogP contribution < -0.4 is 0 Å². The molecular weight excluding hydrogens is 153 g/mol. The molecule has 0 nitrogen and oxygen atoms in total. The summed E-state index contributed by atoms with van der Waals surface area (Å²) in [6.45, 7) is 3.11. The minimum absolute atomic E-state index is 0.00386. The van der Waals surface area contributed by atoms with Gasteiger partial charge in [-0.2, -0.15) is 13.2 Å². The SMILES string of the molecule is C=C(CCl)CC(F)(F)F. The Bertz CT molecular complexity index is 105. The molecule has 0 saturated carbocycles. The summed E-state index contributed by atoms with van der Waals surface area (Å²) in [4.78, 5) is 0. The van der Waals surface area contributed by atoms with Crippen LogP contribution in [0.4, 0.5) is 13.2 Å². The van der Waals surface area contributed by atoms with Crippen LogP contribution in [0.5, 0.6) is 0 Å². The Labute approximate surface area is 56.3 Å². The van der Waals surface area contributed by atoms with Crippen molar-refractivity contribution in [2.75, 3.05) is 5.88 Å². The van der Waals surface area contributed by atoms with Crippen LogP contribution in [0.2, 0.25) is 0 Å². The number of hydrogen-bond acceptors (Lipinski definition) is 0. The summed E-state index contributed by atoms with van der Waals surface area (Å²) in [5, 5.41) is 0. The number of alkyl halides is 4. The van der Waals surface area contributed by atoms with E-state index >= 15 is 0 Å². The summed E-state index contributed by atoms with van der Waals surface area (Å²) in [5.74, 6) is -0.125. The van der Waals surface area contributed by atoms with Crippen molar-refractivity contribution in [2.24, 2.45) is 0 Å². The van der Waals surface area contributed by atoms with Gasteiger partial charge in [0.05, 0.1) is 6.42 Å². The maximum atomic E-state index is 11.4. The molecule has 0 aromatic heterocycles. The van der Waals surface area contributed by atoms with Crippen molar-refractivity contribution >= 4 is 11.6 Å². The molecule has 4 heteroatoms. The fourth-order valence-electron chi connectivity index (χ4n) is 0.331. The Morgan fingerprint density at radius 2 is 1.89 bits per heavy atom. The van der Waals surface area contributed by atoms with Crippen LogP contribution in [-0.2, 0) is 0 Å². The minimum Gasteiger partial charge on any atom is -0.171 e. The average Bonchev–Trinajstić information content (AvgIpc) is 1.62. The summed E-state index contributed by atoms with van der Waals surface area (Å²) >= 11 is 5.06. The molecule has 0 rings (SSSR count). The van der Waals surface area contributed by atoms with E-state index in [2.05, 4.69) is 6.58 Å². The third-order valence-corrected chi connectivity index (χ3v) is 1.02. The first-order chi connectivity index (χ1) is 3.95. The largest absolute Gasteiger partial charge is 0.392 e. The van der Waals surface area contributed by atoms with E-state index in [0.717, 1.165) is 0 Å². The van der Waals surface area contributed by atoms with Gasteiger partial charge in [-0.15, -0.1) is 11.6 Å². The van der Waals surface area contributed by atoms with E-state index < -0.39 is 12.6 Å². The Morgan fingerprint density at radius 3 is 2.00 bits per heavy atom. The fraction of sp³-hybridized carbons (Fsp3) is 0.600. The fourth-order valence-corrected chi connectivity index (χ4v) is 0.425. The Hall–Kier alpha value is -0.180. The summed E-state index contributed by atoms with van der Waals surface area (Å²) in [6.07, 6.45) is -5.14. The van der Waals surface area contributed by atoms with Crippen LogP contribution in [0.25, 0.3) is 0 Å². The first-order valence-corrected chi connectivity index (χ1v) is 2.78. The molecule has 0 N–H and O–H groups in total. The molecule has 0 aliphatic carbocycles. The lowest BCUT2D eigenvalue weighted by atomic mass is 10.2. The van der Waals surface area contributed by atoms with Crippen LogP contribution in [0.15, 0.2) is 12.2 Å². The van der Waals surface area contributed by atoms with Crippen molar-refractivity contribution in [1.29, 1.82) is 0 Å². The molecule has 0 radical (unpaired) electrons. The molecule has 0 fully saturated rings. The van der Waals surface area contributed by atoms with Crippen LogP contribution in [0.1, 0.15) is 6.42 Å². The molecule has 0 saturated heterocycles. The molecule has 0 atom stereocenters. The molecule has 54 valence electrons. The highest BCUT2D eigenvalue weighted by molar-refractivity contribution is 6.19. The lowest BCUT2D eigenvalue weighted by Gasteiger charge is -2.04. The second-order valence-electron chi connectivity index (χ2n) is 1.68. The number of halogens is 4. The van der Waals surface area contributed by atoms with E-state index in [4.69, 9.17) is 11.6 Å². The lowest BCUT2D eigenvalue weighted by Crippen LogP contribution is -2.08. The molecule has 0 heterocycles. The molecule has 0 bridgehead atoms. The van der Waals surface area contributed by atoms with Crippen molar-refractivity contribution in [2.45, 2.75) is 12.6 Å². The van der Waals surface area contributed by atoms with Gasteiger partial charge in [0.15, 0.2) is 0 Å². The third kappa shape index (κ3) is 5.69. The zero-order valence-corrected chi connectivity index (χ0v) is 5.39. The molecule has 0 aromatic rings. The molecule has 0 aliphatic rings. The first-order valence-electron chi connectivity index (χ1n) is 2.25. The van der Waals surface area contributed by atoms with Gasteiger partial charge in [-0.05, 0) is 0 Å². The quantitative estimate of drug-likeness (QED) is 0.428. The van der Waals surface area contributed by atoms with E-state index in [9.17, 15) is 13.2 Å². The second-order valence-corrected chi connectivity index (χ2v) is 1.94. The maximum absolute atomic E-state index is 11.4. The van der Waals surface area contributed by atoms with Crippen LogP contribution in [-0.4, -0.2) is 12.1 Å². The molecule has 0 spiro atoms. The molecule has 0 aromatic carbocycles. The zero-order valence-electron chi connectivity index (χ0n) is 4.63. The van der Waals surface area contributed by atoms with Gasteiger partial charge in [-0.3, -0.25) is 0 Å². The third-order valence-electron chi connectivity index (χ3n) is 0.639. The van der Waals surface area contributed by atoms with Crippen molar-refractivity contribution < 1.29 is 13.2 Å². The van der Waals surface area contributed by atoms with Gasteiger partial charge in [0.1, 0.15) is 0 Å². The van der Waals surface area contributed by atoms with Crippen LogP contribution in [0, 0.1) is 0 Å². The Kier molecular flexibility index (Phi) is 3.04. The van der Waals surface area contributed by atoms with E-state index in [-0.39, 0.29) is 11.5 Å². The minimum atomic E-state index is -4.16. The van der Waals surface area contributed by atoms with Crippen molar-refractivity contribution in [3.8, 4) is 0 Å². The lowest BCUT2D eigenvalue weighted by molar-refractivity contribution is -0.126.